The number of alkyl halides is 3. The molecule has 1 aromatic carbocycles. The average molecular weight is 345 g/mol. The summed E-state index contributed by atoms with van der Waals surface area (Å²) in [6.07, 6.45) is 0.0425. The molecule has 0 atom stereocenters. The van der Waals surface area contributed by atoms with Gasteiger partial charge in [-0.15, -0.1) is 0 Å². The Morgan fingerprint density at radius 1 is 1.12 bits per heavy atom. The Bertz CT molecular complexity index is 1070. The van der Waals surface area contributed by atoms with Crippen LogP contribution in [0.3, 0.4) is 0 Å². The Labute approximate surface area is 138 Å². The van der Waals surface area contributed by atoms with Crippen LogP contribution in [0.25, 0.3) is 28.5 Å². The fourth-order valence-electron chi connectivity index (χ4n) is 2.58. The summed E-state index contributed by atoms with van der Waals surface area (Å²) in [7, 11) is 0. The molecule has 3 heterocycles. The molecule has 0 aliphatic rings. The lowest BCUT2D eigenvalue weighted by atomic mass is 10.1. The number of nitrogen functional groups attached to an aromatic ring is 1. The fourth-order valence-corrected chi connectivity index (χ4v) is 2.58. The first-order chi connectivity index (χ1) is 11.9. The van der Waals surface area contributed by atoms with Crippen LogP contribution in [-0.2, 0) is 6.18 Å². The van der Waals surface area contributed by atoms with Gasteiger partial charge in [-0.05, 0) is 18.2 Å². The van der Waals surface area contributed by atoms with Crippen LogP contribution in [-0.4, -0.2) is 19.4 Å². The summed E-state index contributed by atoms with van der Waals surface area (Å²) in [5.74, 6) is 0.283. The summed E-state index contributed by atoms with van der Waals surface area (Å²) in [4.78, 5) is 12.3. The highest BCUT2D eigenvalue weighted by molar-refractivity contribution is 5.80. The number of halogens is 3. The number of rotatable bonds is 2. The third kappa shape index (κ3) is 2.59. The minimum absolute atomic E-state index is 0.0472. The molecule has 0 spiro atoms. The Kier molecular flexibility index (Phi) is 3.24. The van der Waals surface area contributed by atoms with Crippen molar-refractivity contribution in [2.24, 2.45) is 0 Å². The molecule has 6 nitrogen and oxygen atoms in total. The molecule has 3 aromatic heterocycles. The molecule has 0 radical (unpaired) electrons. The zero-order valence-electron chi connectivity index (χ0n) is 12.5. The van der Waals surface area contributed by atoms with E-state index in [9.17, 15) is 13.2 Å². The van der Waals surface area contributed by atoms with E-state index in [1.165, 1.54) is 18.5 Å². The van der Waals surface area contributed by atoms with Gasteiger partial charge in [-0.1, -0.05) is 12.1 Å². The van der Waals surface area contributed by atoms with Crippen LogP contribution < -0.4 is 5.73 Å². The predicted octanol–water partition coefficient (Wildman–Crippen LogP) is 3.65. The highest BCUT2D eigenvalue weighted by atomic mass is 19.4. The molecule has 25 heavy (non-hydrogen) atoms. The van der Waals surface area contributed by atoms with Crippen LogP contribution in [0, 0.1) is 0 Å². The number of nitrogens with zero attached hydrogens (tertiary/aromatic N) is 4. The van der Waals surface area contributed by atoms with Crippen molar-refractivity contribution in [2.75, 3.05) is 5.73 Å². The smallest absolute Gasteiger partial charge is 0.416 e. The maximum Gasteiger partial charge on any atom is 0.416 e. The first-order valence-electron chi connectivity index (χ1n) is 7.15. The van der Waals surface area contributed by atoms with Crippen molar-refractivity contribution >= 4 is 11.8 Å². The third-order valence-corrected chi connectivity index (χ3v) is 3.64. The van der Waals surface area contributed by atoms with Crippen molar-refractivity contribution in [1.82, 2.24) is 19.4 Å². The van der Waals surface area contributed by atoms with E-state index in [1.807, 2.05) is 0 Å². The normalized spacial score (nSPS) is 12.0. The van der Waals surface area contributed by atoms with E-state index >= 15 is 0 Å². The minimum Gasteiger partial charge on any atom is -0.432 e. The zero-order valence-corrected chi connectivity index (χ0v) is 12.5. The molecule has 0 saturated carbocycles. The van der Waals surface area contributed by atoms with Crippen LogP contribution in [0.5, 0.6) is 0 Å². The molecule has 4 rings (SSSR count). The van der Waals surface area contributed by atoms with Crippen molar-refractivity contribution in [3.63, 3.8) is 0 Å². The molecule has 2 N–H and O–H groups in total. The summed E-state index contributed by atoms with van der Waals surface area (Å²) >= 11 is 0. The second kappa shape index (κ2) is 5.33. The topological polar surface area (TPSA) is 82.2 Å². The summed E-state index contributed by atoms with van der Waals surface area (Å²) in [5, 5.41) is 0. The number of hydrogen-bond donors (Lipinski definition) is 1. The molecule has 126 valence electrons. The number of hydrogen-bond acceptors (Lipinski definition) is 5. The standard InChI is InChI=1S/C16H10F3N5O/c17-16(18,19)10-3-1-2-9(8-10)12-13(11-4-5-21-14(20)22-11)24-6-7-25-15(24)23-12/h1-8H,(H2,20,21,22). The van der Waals surface area contributed by atoms with Crippen LogP contribution in [0.4, 0.5) is 19.1 Å². The first-order valence-corrected chi connectivity index (χ1v) is 7.15. The highest BCUT2D eigenvalue weighted by Gasteiger charge is 2.31. The van der Waals surface area contributed by atoms with Crippen LogP contribution in [0.1, 0.15) is 5.56 Å². The summed E-state index contributed by atoms with van der Waals surface area (Å²) < 4.78 is 45.9. The molecule has 0 unspecified atom stereocenters. The van der Waals surface area contributed by atoms with Gasteiger partial charge < -0.3 is 10.2 Å². The van der Waals surface area contributed by atoms with Crippen LogP contribution in [0.2, 0.25) is 0 Å². The van der Waals surface area contributed by atoms with Gasteiger partial charge in [0.15, 0.2) is 0 Å². The number of aromatic nitrogens is 4. The minimum atomic E-state index is -4.45. The lowest BCUT2D eigenvalue weighted by Crippen LogP contribution is -2.04. The summed E-state index contributed by atoms with van der Waals surface area (Å²) in [6.45, 7) is 0. The van der Waals surface area contributed by atoms with Gasteiger partial charge in [0.05, 0.1) is 11.3 Å². The molecule has 0 aliphatic carbocycles. The SMILES string of the molecule is Nc1nccc(-c2c(-c3cccc(C(F)(F)F)c3)nc3occn23)n1. The predicted molar refractivity (Wildman–Crippen MR) is 83.3 cm³/mol. The van der Waals surface area contributed by atoms with Crippen molar-refractivity contribution in [3.8, 4) is 22.6 Å². The molecular formula is C16H10F3N5O. The molecule has 0 aliphatic heterocycles. The Morgan fingerprint density at radius 3 is 2.72 bits per heavy atom. The van der Waals surface area contributed by atoms with Gasteiger partial charge in [0.1, 0.15) is 17.7 Å². The number of imidazole rings is 1. The molecule has 0 amide bonds. The lowest BCUT2D eigenvalue weighted by molar-refractivity contribution is -0.137. The van der Waals surface area contributed by atoms with E-state index in [-0.39, 0.29) is 11.8 Å². The molecular weight excluding hydrogens is 335 g/mol. The van der Waals surface area contributed by atoms with Gasteiger partial charge in [0.2, 0.25) is 5.95 Å². The molecule has 0 fully saturated rings. The van der Waals surface area contributed by atoms with E-state index in [0.29, 0.717) is 22.6 Å². The number of anilines is 1. The second-order valence-corrected chi connectivity index (χ2v) is 5.24. The van der Waals surface area contributed by atoms with Gasteiger partial charge in [-0.3, -0.25) is 4.40 Å². The van der Waals surface area contributed by atoms with Gasteiger partial charge in [0, 0.05) is 18.0 Å². The van der Waals surface area contributed by atoms with E-state index < -0.39 is 11.7 Å². The van der Waals surface area contributed by atoms with Gasteiger partial charge in [-0.2, -0.15) is 18.2 Å². The number of oxazole rings is 1. The highest BCUT2D eigenvalue weighted by Crippen LogP contribution is 2.36. The number of benzene rings is 1. The van der Waals surface area contributed by atoms with E-state index in [1.54, 1.807) is 22.7 Å². The third-order valence-electron chi connectivity index (χ3n) is 3.64. The van der Waals surface area contributed by atoms with E-state index in [0.717, 1.165) is 12.1 Å². The Hall–Kier alpha value is -3.36. The zero-order chi connectivity index (χ0) is 17.6. The fraction of sp³-hybridized carbons (Fsp3) is 0.0625. The lowest BCUT2D eigenvalue weighted by Gasteiger charge is -2.09. The van der Waals surface area contributed by atoms with Gasteiger partial charge in [-0.25, -0.2) is 9.97 Å². The van der Waals surface area contributed by atoms with Crippen molar-refractivity contribution < 1.29 is 17.6 Å². The summed E-state index contributed by atoms with van der Waals surface area (Å²) in [5.41, 5.74) is 6.36. The monoisotopic (exact) mass is 345 g/mol. The largest absolute Gasteiger partial charge is 0.432 e. The Morgan fingerprint density at radius 2 is 1.96 bits per heavy atom. The van der Waals surface area contributed by atoms with Gasteiger partial charge in [0.25, 0.3) is 0 Å². The van der Waals surface area contributed by atoms with Crippen LogP contribution >= 0.6 is 0 Å². The van der Waals surface area contributed by atoms with Crippen molar-refractivity contribution in [2.45, 2.75) is 6.18 Å². The van der Waals surface area contributed by atoms with Gasteiger partial charge >= 0.3 is 12.0 Å². The van der Waals surface area contributed by atoms with E-state index in [2.05, 4.69) is 15.0 Å². The molecule has 4 aromatic rings. The average Bonchev–Trinajstić information content (AvgIpc) is 3.14. The number of nitrogens with two attached hydrogens (primary N) is 1. The maximum absolute atomic E-state index is 13.0. The molecule has 0 bridgehead atoms. The molecule has 9 heteroatoms. The maximum atomic E-state index is 13.0. The molecule has 0 saturated heterocycles. The quantitative estimate of drug-likeness (QED) is 0.600. The first kappa shape index (κ1) is 15.2. The second-order valence-electron chi connectivity index (χ2n) is 5.24. The summed E-state index contributed by atoms with van der Waals surface area (Å²) in [6, 6.07) is 6.52. The van der Waals surface area contributed by atoms with Crippen molar-refractivity contribution in [3.05, 3.63) is 54.6 Å². The Balaban J connectivity index is 1.97. The van der Waals surface area contributed by atoms with Crippen molar-refractivity contribution in [1.29, 1.82) is 0 Å². The van der Waals surface area contributed by atoms with Crippen LogP contribution in [0.15, 0.2) is 53.4 Å². The van der Waals surface area contributed by atoms with E-state index in [4.69, 9.17) is 10.2 Å². The number of fused-ring (bicyclic) bond motifs is 1.